The fourth-order valence-electron chi connectivity index (χ4n) is 5.05. The molecule has 2 aliphatic rings. The standard InChI is InChI=1S/C28H35NO4/c1-19-6-8-23-22(14-19)17-33-25-9-7-20(16-31-4)15-24(25)26(23)21-10-12-29(13-11-21)18-28(2,3)27(30)32-5/h6-9,14-15H,10-13,16-18H2,1-5H3. The van der Waals surface area contributed by atoms with Crippen LogP contribution in [0.1, 0.15) is 54.5 Å². The Morgan fingerprint density at radius 2 is 1.82 bits per heavy atom. The number of nitrogens with zero attached hydrogens (tertiary/aromatic N) is 1. The zero-order valence-electron chi connectivity index (χ0n) is 20.5. The second-order valence-electron chi connectivity index (χ2n) is 9.84. The number of ether oxygens (including phenoxy) is 3. The summed E-state index contributed by atoms with van der Waals surface area (Å²) in [5.74, 6) is 0.775. The predicted octanol–water partition coefficient (Wildman–Crippen LogP) is 5.13. The summed E-state index contributed by atoms with van der Waals surface area (Å²) in [5, 5.41) is 0. The van der Waals surface area contributed by atoms with Crippen molar-refractivity contribution >= 4 is 11.5 Å². The number of carbonyl (C=O) groups is 1. The minimum absolute atomic E-state index is 0.156. The number of methoxy groups -OCH3 is 2. The zero-order chi connectivity index (χ0) is 23.6. The first-order valence-corrected chi connectivity index (χ1v) is 11.7. The van der Waals surface area contributed by atoms with Gasteiger partial charge in [-0.1, -0.05) is 35.4 Å². The number of hydrogen-bond donors (Lipinski definition) is 0. The van der Waals surface area contributed by atoms with Crippen LogP contribution in [0.15, 0.2) is 42.0 Å². The van der Waals surface area contributed by atoms with Crippen LogP contribution in [0.4, 0.5) is 0 Å². The van der Waals surface area contributed by atoms with Gasteiger partial charge in [0.25, 0.3) is 0 Å². The second-order valence-corrected chi connectivity index (χ2v) is 9.84. The van der Waals surface area contributed by atoms with Gasteiger partial charge in [-0.3, -0.25) is 4.79 Å². The largest absolute Gasteiger partial charge is 0.488 e. The lowest BCUT2D eigenvalue weighted by atomic mass is 9.85. The van der Waals surface area contributed by atoms with Crippen LogP contribution in [0.2, 0.25) is 0 Å². The van der Waals surface area contributed by atoms with E-state index in [2.05, 4.69) is 48.2 Å². The molecule has 5 nitrogen and oxygen atoms in total. The van der Waals surface area contributed by atoms with Crippen LogP contribution in [-0.4, -0.2) is 44.7 Å². The molecular weight excluding hydrogens is 414 g/mol. The number of aryl methyl sites for hydroxylation is 1. The Bertz CT molecular complexity index is 1060. The molecular formula is C28H35NO4. The summed E-state index contributed by atoms with van der Waals surface area (Å²) in [5.41, 5.74) is 8.30. The van der Waals surface area contributed by atoms with Gasteiger partial charge in [0.1, 0.15) is 12.4 Å². The lowest BCUT2D eigenvalue weighted by molar-refractivity contribution is -0.151. The number of fused-ring (bicyclic) bond motifs is 2. The molecule has 4 rings (SSSR count). The Morgan fingerprint density at radius 3 is 2.52 bits per heavy atom. The molecule has 5 heteroatoms. The molecule has 0 bridgehead atoms. The number of piperidine rings is 1. The smallest absolute Gasteiger partial charge is 0.312 e. The fourth-order valence-corrected chi connectivity index (χ4v) is 5.05. The van der Waals surface area contributed by atoms with E-state index in [1.165, 1.54) is 34.9 Å². The second kappa shape index (κ2) is 9.70. The molecule has 1 saturated heterocycles. The van der Waals surface area contributed by atoms with Crippen molar-refractivity contribution in [2.45, 2.75) is 46.8 Å². The number of rotatable bonds is 5. The van der Waals surface area contributed by atoms with Gasteiger partial charge in [-0.05, 0) is 68.0 Å². The molecule has 0 aromatic heterocycles. The van der Waals surface area contributed by atoms with Gasteiger partial charge in [0.15, 0.2) is 0 Å². The molecule has 0 N–H and O–H groups in total. The van der Waals surface area contributed by atoms with Gasteiger partial charge >= 0.3 is 5.97 Å². The Labute approximate surface area is 197 Å². The molecule has 2 heterocycles. The third-order valence-corrected chi connectivity index (χ3v) is 6.71. The normalized spacial score (nSPS) is 16.5. The van der Waals surface area contributed by atoms with Crippen molar-refractivity contribution in [3.05, 3.63) is 69.8 Å². The molecule has 33 heavy (non-hydrogen) atoms. The van der Waals surface area contributed by atoms with Crippen molar-refractivity contribution < 1.29 is 19.0 Å². The summed E-state index contributed by atoms with van der Waals surface area (Å²) < 4.78 is 16.7. The zero-order valence-corrected chi connectivity index (χ0v) is 20.5. The Balaban J connectivity index is 1.70. The topological polar surface area (TPSA) is 48.0 Å². The Kier molecular flexibility index (Phi) is 6.91. The maximum absolute atomic E-state index is 12.2. The molecule has 0 saturated carbocycles. The first-order chi connectivity index (χ1) is 15.8. The Morgan fingerprint density at radius 1 is 1.06 bits per heavy atom. The fraction of sp³-hybridized carbons (Fsp3) is 0.464. The van der Waals surface area contributed by atoms with Gasteiger partial charge in [-0.15, -0.1) is 0 Å². The maximum atomic E-state index is 12.2. The first-order valence-electron chi connectivity index (χ1n) is 11.7. The van der Waals surface area contributed by atoms with Gasteiger partial charge in [0.2, 0.25) is 0 Å². The summed E-state index contributed by atoms with van der Waals surface area (Å²) >= 11 is 0. The van der Waals surface area contributed by atoms with Crippen molar-refractivity contribution in [2.24, 2.45) is 5.41 Å². The molecule has 0 unspecified atom stereocenters. The van der Waals surface area contributed by atoms with E-state index in [4.69, 9.17) is 14.2 Å². The highest BCUT2D eigenvalue weighted by Crippen LogP contribution is 2.42. The number of esters is 1. The van der Waals surface area contributed by atoms with Gasteiger partial charge in [0, 0.05) is 32.3 Å². The van der Waals surface area contributed by atoms with E-state index in [1.54, 1.807) is 7.11 Å². The molecule has 2 aromatic rings. The van der Waals surface area contributed by atoms with Crippen molar-refractivity contribution in [3.8, 4) is 5.75 Å². The Hall–Kier alpha value is -2.63. The van der Waals surface area contributed by atoms with Crippen LogP contribution < -0.4 is 4.74 Å². The van der Waals surface area contributed by atoms with Gasteiger partial charge < -0.3 is 19.1 Å². The highest BCUT2D eigenvalue weighted by atomic mass is 16.5. The minimum atomic E-state index is -0.513. The number of benzene rings is 2. The number of hydrogen-bond acceptors (Lipinski definition) is 5. The van der Waals surface area contributed by atoms with E-state index in [0.717, 1.165) is 42.8 Å². The SMILES string of the molecule is COCc1ccc2c(c1)C(=C1CCN(CC(C)(C)C(=O)OC)CC1)c1ccc(C)cc1CO2. The van der Waals surface area contributed by atoms with E-state index in [1.807, 2.05) is 13.8 Å². The quantitative estimate of drug-likeness (QED) is 0.592. The van der Waals surface area contributed by atoms with Crippen molar-refractivity contribution in [2.75, 3.05) is 33.9 Å². The molecule has 0 atom stereocenters. The first kappa shape index (κ1) is 23.5. The van der Waals surface area contributed by atoms with Crippen molar-refractivity contribution in [1.82, 2.24) is 4.90 Å². The lowest BCUT2D eigenvalue weighted by Gasteiger charge is -2.35. The highest BCUT2D eigenvalue weighted by Gasteiger charge is 2.33. The highest BCUT2D eigenvalue weighted by molar-refractivity contribution is 5.87. The number of carbonyl (C=O) groups excluding carboxylic acids is 1. The van der Waals surface area contributed by atoms with Crippen molar-refractivity contribution in [3.63, 3.8) is 0 Å². The summed E-state index contributed by atoms with van der Waals surface area (Å²) in [7, 11) is 3.19. The van der Waals surface area contributed by atoms with Crippen LogP contribution in [0.25, 0.3) is 5.57 Å². The van der Waals surface area contributed by atoms with Crippen molar-refractivity contribution in [1.29, 1.82) is 0 Å². The summed E-state index contributed by atoms with van der Waals surface area (Å²) in [6.45, 7) is 9.75. The van der Waals surface area contributed by atoms with E-state index in [-0.39, 0.29) is 5.97 Å². The molecule has 2 aromatic carbocycles. The van der Waals surface area contributed by atoms with E-state index in [0.29, 0.717) is 19.8 Å². The van der Waals surface area contributed by atoms with Crippen LogP contribution >= 0.6 is 0 Å². The molecule has 0 spiro atoms. The maximum Gasteiger partial charge on any atom is 0.312 e. The van der Waals surface area contributed by atoms with Gasteiger partial charge in [0.05, 0.1) is 19.1 Å². The van der Waals surface area contributed by atoms with Gasteiger partial charge in [-0.25, -0.2) is 0 Å². The summed E-state index contributed by atoms with van der Waals surface area (Å²) in [6.07, 6.45) is 1.93. The van der Waals surface area contributed by atoms with Crippen LogP contribution in [0, 0.1) is 12.3 Å². The molecule has 0 aliphatic carbocycles. The van der Waals surface area contributed by atoms with E-state index < -0.39 is 5.41 Å². The summed E-state index contributed by atoms with van der Waals surface area (Å²) in [4.78, 5) is 14.5. The molecule has 0 amide bonds. The van der Waals surface area contributed by atoms with Crippen LogP contribution in [-0.2, 0) is 27.5 Å². The molecule has 1 fully saturated rings. The summed E-state index contributed by atoms with van der Waals surface area (Å²) in [6, 6.07) is 13.1. The third kappa shape index (κ3) is 4.99. The van der Waals surface area contributed by atoms with E-state index >= 15 is 0 Å². The molecule has 2 aliphatic heterocycles. The van der Waals surface area contributed by atoms with Gasteiger partial charge in [-0.2, -0.15) is 0 Å². The monoisotopic (exact) mass is 449 g/mol. The molecule has 0 radical (unpaired) electrons. The average Bonchev–Trinajstić information content (AvgIpc) is 2.95. The molecule has 176 valence electrons. The minimum Gasteiger partial charge on any atom is -0.488 e. The van der Waals surface area contributed by atoms with Crippen LogP contribution in [0.3, 0.4) is 0 Å². The van der Waals surface area contributed by atoms with Crippen LogP contribution in [0.5, 0.6) is 5.75 Å². The number of likely N-dealkylation sites (tertiary alicyclic amines) is 1. The third-order valence-electron chi connectivity index (χ3n) is 6.71. The van der Waals surface area contributed by atoms with E-state index in [9.17, 15) is 4.79 Å². The average molecular weight is 450 g/mol. The lowest BCUT2D eigenvalue weighted by Crippen LogP contribution is -2.42. The predicted molar refractivity (Wildman–Crippen MR) is 130 cm³/mol.